The summed E-state index contributed by atoms with van der Waals surface area (Å²) < 4.78 is 0. The molecule has 14 heavy (non-hydrogen) atoms. The number of nitrogens with two attached hydrogens (primary N) is 1. The lowest BCUT2D eigenvalue weighted by Gasteiger charge is -2.23. The lowest BCUT2D eigenvalue weighted by molar-refractivity contribution is 0.269. The fourth-order valence-corrected chi connectivity index (χ4v) is 2.11. The minimum atomic E-state index is -0.0462. The number of rotatable bonds is 5. The van der Waals surface area contributed by atoms with Gasteiger partial charge in [0.15, 0.2) is 5.16 Å². The van der Waals surface area contributed by atoms with Crippen LogP contribution in [0.5, 0.6) is 0 Å². The molecule has 0 bridgehead atoms. The molecule has 4 N–H and O–H groups in total. The first-order chi connectivity index (χ1) is 6.65. The SMILES string of the molecule is CC(C)C(N)C(CO)Sc1ncn[nH]1. The normalized spacial score (nSPS) is 15.8. The van der Waals surface area contributed by atoms with Crippen LogP contribution in [0.25, 0.3) is 0 Å². The third-order valence-electron chi connectivity index (χ3n) is 2.03. The Balaban J connectivity index is 2.55. The van der Waals surface area contributed by atoms with E-state index < -0.39 is 0 Å². The molecule has 2 atom stereocenters. The van der Waals surface area contributed by atoms with Gasteiger partial charge < -0.3 is 10.8 Å². The Hall–Kier alpha value is -0.590. The van der Waals surface area contributed by atoms with Crippen molar-refractivity contribution in [3.63, 3.8) is 0 Å². The summed E-state index contributed by atoms with van der Waals surface area (Å²) in [5.41, 5.74) is 5.94. The monoisotopic (exact) mass is 216 g/mol. The highest BCUT2D eigenvalue weighted by molar-refractivity contribution is 7.99. The molecular formula is C8H16N4OS. The van der Waals surface area contributed by atoms with Gasteiger partial charge in [-0.15, -0.1) is 0 Å². The first-order valence-corrected chi connectivity index (χ1v) is 5.41. The fraction of sp³-hybridized carbons (Fsp3) is 0.750. The topological polar surface area (TPSA) is 87.8 Å². The first kappa shape index (κ1) is 11.5. The quantitative estimate of drug-likeness (QED) is 0.614. The summed E-state index contributed by atoms with van der Waals surface area (Å²) in [6.07, 6.45) is 1.44. The van der Waals surface area contributed by atoms with Gasteiger partial charge in [-0.3, -0.25) is 5.10 Å². The minimum absolute atomic E-state index is 0.0389. The molecule has 0 saturated carbocycles. The number of aromatic amines is 1. The van der Waals surface area contributed by atoms with Crippen molar-refractivity contribution in [2.24, 2.45) is 11.7 Å². The zero-order chi connectivity index (χ0) is 10.6. The summed E-state index contributed by atoms with van der Waals surface area (Å²) in [5, 5.41) is 16.3. The highest BCUT2D eigenvalue weighted by atomic mass is 32.2. The second-order valence-corrected chi connectivity index (χ2v) is 4.68. The van der Waals surface area contributed by atoms with Gasteiger partial charge in [0, 0.05) is 6.04 Å². The Morgan fingerprint density at radius 3 is 2.79 bits per heavy atom. The van der Waals surface area contributed by atoms with Gasteiger partial charge in [-0.25, -0.2) is 4.98 Å². The maximum atomic E-state index is 9.18. The molecule has 1 aromatic rings. The van der Waals surface area contributed by atoms with Crippen LogP contribution in [0.2, 0.25) is 0 Å². The average Bonchev–Trinajstić information content (AvgIpc) is 2.65. The molecule has 0 saturated heterocycles. The minimum Gasteiger partial charge on any atom is -0.395 e. The van der Waals surface area contributed by atoms with Crippen molar-refractivity contribution in [1.29, 1.82) is 0 Å². The number of hydrogen-bond donors (Lipinski definition) is 3. The van der Waals surface area contributed by atoms with Gasteiger partial charge in [0.1, 0.15) is 6.33 Å². The fourth-order valence-electron chi connectivity index (χ4n) is 1.06. The maximum Gasteiger partial charge on any atom is 0.183 e. The first-order valence-electron chi connectivity index (χ1n) is 4.53. The molecule has 0 aliphatic carbocycles. The van der Waals surface area contributed by atoms with Crippen LogP contribution in [0.4, 0.5) is 0 Å². The van der Waals surface area contributed by atoms with E-state index in [0.717, 1.165) is 0 Å². The Morgan fingerprint density at radius 1 is 1.64 bits per heavy atom. The summed E-state index contributed by atoms with van der Waals surface area (Å²) in [6.45, 7) is 4.12. The molecule has 1 rings (SSSR count). The number of aliphatic hydroxyl groups excluding tert-OH is 1. The molecule has 0 aromatic carbocycles. The van der Waals surface area contributed by atoms with Gasteiger partial charge in [-0.05, 0) is 5.92 Å². The zero-order valence-corrected chi connectivity index (χ0v) is 9.16. The third-order valence-corrected chi connectivity index (χ3v) is 3.22. The molecule has 0 fully saturated rings. The molecule has 0 aliphatic heterocycles. The predicted molar refractivity (Wildman–Crippen MR) is 55.9 cm³/mol. The number of nitrogens with zero attached hydrogens (tertiary/aromatic N) is 2. The van der Waals surface area contributed by atoms with Crippen molar-refractivity contribution in [2.75, 3.05) is 6.61 Å². The van der Waals surface area contributed by atoms with E-state index in [9.17, 15) is 5.11 Å². The molecule has 0 amide bonds. The smallest absolute Gasteiger partial charge is 0.183 e. The van der Waals surface area contributed by atoms with Crippen molar-refractivity contribution in [1.82, 2.24) is 15.2 Å². The number of H-pyrrole nitrogens is 1. The lowest BCUT2D eigenvalue weighted by Crippen LogP contribution is -2.39. The van der Waals surface area contributed by atoms with E-state index >= 15 is 0 Å². The second-order valence-electron chi connectivity index (χ2n) is 3.45. The van der Waals surface area contributed by atoms with Crippen molar-refractivity contribution in [3.05, 3.63) is 6.33 Å². The van der Waals surface area contributed by atoms with Crippen LogP contribution >= 0.6 is 11.8 Å². The van der Waals surface area contributed by atoms with E-state index in [-0.39, 0.29) is 17.9 Å². The van der Waals surface area contributed by atoms with Gasteiger partial charge in [-0.1, -0.05) is 25.6 Å². The number of hydrogen-bond acceptors (Lipinski definition) is 5. The summed E-state index contributed by atoms with van der Waals surface area (Å²) in [5.74, 6) is 0.336. The lowest BCUT2D eigenvalue weighted by atomic mass is 10.0. The van der Waals surface area contributed by atoms with Gasteiger partial charge in [0.2, 0.25) is 0 Å². The van der Waals surface area contributed by atoms with Crippen LogP contribution < -0.4 is 5.73 Å². The number of nitrogens with one attached hydrogen (secondary N) is 1. The summed E-state index contributed by atoms with van der Waals surface area (Å²) in [6, 6.07) is -0.0462. The number of aliphatic hydroxyl groups is 1. The summed E-state index contributed by atoms with van der Waals surface area (Å²) in [7, 11) is 0. The molecule has 0 spiro atoms. The van der Waals surface area contributed by atoms with Crippen LogP contribution in [-0.2, 0) is 0 Å². The van der Waals surface area contributed by atoms with E-state index in [0.29, 0.717) is 11.1 Å². The number of aromatic nitrogens is 3. The van der Waals surface area contributed by atoms with Crippen LogP contribution in [0.3, 0.4) is 0 Å². The van der Waals surface area contributed by atoms with Crippen molar-refractivity contribution in [3.8, 4) is 0 Å². The van der Waals surface area contributed by atoms with E-state index in [2.05, 4.69) is 15.2 Å². The zero-order valence-electron chi connectivity index (χ0n) is 8.34. The van der Waals surface area contributed by atoms with E-state index in [1.165, 1.54) is 18.1 Å². The van der Waals surface area contributed by atoms with Crippen LogP contribution in [0.15, 0.2) is 11.5 Å². The maximum absolute atomic E-state index is 9.18. The third kappa shape index (κ3) is 2.97. The molecule has 0 aliphatic rings. The van der Waals surface area contributed by atoms with Gasteiger partial charge in [0.25, 0.3) is 0 Å². The van der Waals surface area contributed by atoms with Gasteiger partial charge in [-0.2, -0.15) is 5.10 Å². The van der Waals surface area contributed by atoms with Crippen LogP contribution in [0, 0.1) is 5.92 Å². The van der Waals surface area contributed by atoms with Crippen molar-refractivity contribution < 1.29 is 5.11 Å². The van der Waals surface area contributed by atoms with Crippen molar-refractivity contribution in [2.45, 2.75) is 30.3 Å². The molecule has 1 aromatic heterocycles. The molecule has 0 radical (unpaired) electrons. The second kappa shape index (κ2) is 5.33. The Kier molecular flexibility index (Phi) is 4.37. The Morgan fingerprint density at radius 2 is 2.36 bits per heavy atom. The van der Waals surface area contributed by atoms with Crippen LogP contribution in [-0.4, -0.2) is 38.2 Å². The Bertz CT molecular complexity index is 252. The average molecular weight is 216 g/mol. The number of thioether (sulfide) groups is 1. The molecular weight excluding hydrogens is 200 g/mol. The van der Waals surface area contributed by atoms with Gasteiger partial charge in [0.05, 0.1) is 11.9 Å². The molecule has 5 nitrogen and oxygen atoms in total. The largest absolute Gasteiger partial charge is 0.395 e. The van der Waals surface area contributed by atoms with E-state index in [1.54, 1.807) is 0 Å². The molecule has 80 valence electrons. The highest BCUT2D eigenvalue weighted by Crippen LogP contribution is 2.23. The molecule has 2 unspecified atom stereocenters. The molecule has 6 heteroatoms. The van der Waals surface area contributed by atoms with E-state index in [1.807, 2.05) is 13.8 Å². The Labute approximate surface area is 87.5 Å². The summed E-state index contributed by atoms with van der Waals surface area (Å²) in [4.78, 5) is 3.98. The van der Waals surface area contributed by atoms with Crippen molar-refractivity contribution >= 4 is 11.8 Å². The highest BCUT2D eigenvalue weighted by Gasteiger charge is 2.22. The van der Waals surface area contributed by atoms with Gasteiger partial charge >= 0.3 is 0 Å². The summed E-state index contributed by atoms with van der Waals surface area (Å²) >= 11 is 1.43. The van der Waals surface area contributed by atoms with E-state index in [4.69, 9.17) is 5.73 Å². The molecule has 1 heterocycles. The standard InChI is InChI=1S/C8H16N4OS/c1-5(2)7(9)6(3-13)14-8-10-4-11-12-8/h4-7,13H,3,9H2,1-2H3,(H,10,11,12). The predicted octanol–water partition coefficient (Wildman–Crippen LogP) is 0.241. The van der Waals surface area contributed by atoms with Crippen LogP contribution in [0.1, 0.15) is 13.8 Å².